The quantitative estimate of drug-likeness (QED) is 0.688. The van der Waals surface area contributed by atoms with E-state index >= 15 is 0 Å². The minimum Gasteiger partial charge on any atom is -0.341 e. The summed E-state index contributed by atoms with van der Waals surface area (Å²) in [6, 6.07) is 0.474. The van der Waals surface area contributed by atoms with E-state index in [9.17, 15) is 9.59 Å². The van der Waals surface area contributed by atoms with Crippen LogP contribution in [0, 0.1) is 0 Å². The number of hydrogen-bond donors (Lipinski definition) is 0. The predicted octanol–water partition coefficient (Wildman–Crippen LogP) is 1.71. The van der Waals surface area contributed by atoms with Crippen molar-refractivity contribution in [3.63, 3.8) is 0 Å². The highest BCUT2D eigenvalue weighted by Crippen LogP contribution is 2.25. The van der Waals surface area contributed by atoms with Crippen molar-refractivity contribution in [2.75, 3.05) is 31.1 Å². The van der Waals surface area contributed by atoms with Gasteiger partial charge in [0.25, 0.3) is 5.56 Å². The maximum absolute atomic E-state index is 13.0. The van der Waals surface area contributed by atoms with Gasteiger partial charge in [-0.15, -0.1) is 0 Å². The lowest BCUT2D eigenvalue weighted by atomic mass is 10.0. The summed E-state index contributed by atoms with van der Waals surface area (Å²) in [7, 11) is 3.21. The van der Waals surface area contributed by atoms with Gasteiger partial charge in [0.2, 0.25) is 5.95 Å². The van der Waals surface area contributed by atoms with Crippen molar-refractivity contribution in [3.8, 4) is 0 Å². The van der Waals surface area contributed by atoms with Gasteiger partial charge in [0.1, 0.15) is 0 Å². The largest absolute Gasteiger partial charge is 0.341 e. The number of rotatable bonds is 6. The summed E-state index contributed by atoms with van der Waals surface area (Å²) in [4.78, 5) is 35.0. The molecule has 0 bridgehead atoms. The van der Waals surface area contributed by atoms with Crippen LogP contribution < -0.4 is 16.1 Å². The molecule has 3 heterocycles. The lowest BCUT2D eigenvalue weighted by molar-refractivity contribution is 0.192. The second kappa shape index (κ2) is 8.57. The van der Waals surface area contributed by atoms with E-state index in [1.54, 1.807) is 7.05 Å². The lowest BCUT2D eigenvalue weighted by Crippen LogP contribution is -2.48. The Morgan fingerprint density at radius 1 is 1.17 bits per heavy atom. The van der Waals surface area contributed by atoms with E-state index in [1.165, 1.54) is 28.2 Å². The molecule has 1 saturated heterocycles. The highest BCUT2D eigenvalue weighted by Gasteiger charge is 2.28. The number of imidazole rings is 1. The molecule has 0 saturated carbocycles. The monoisotopic (exact) mass is 402 g/mol. The minimum atomic E-state index is -0.347. The van der Waals surface area contributed by atoms with Gasteiger partial charge in [-0.05, 0) is 39.8 Å². The number of anilines is 1. The summed E-state index contributed by atoms with van der Waals surface area (Å²) < 4.78 is 4.63. The Morgan fingerprint density at radius 3 is 2.48 bits per heavy atom. The third-order valence-electron chi connectivity index (χ3n) is 6.02. The van der Waals surface area contributed by atoms with Crippen LogP contribution in [-0.4, -0.2) is 55.8 Å². The van der Waals surface area contributed by atoms with Gasteiger partial charge in [-0.1, -0.05) is 25.5 Å². The van der Waals surface area contributed by atoms with Crippen LogP contribution in [0.2, 0.25) is 0 Å². The molecule has 1 aliphatic heterocycles. The molecule has 8 nitrogen and oxygen atoms in total. The molecule has 0 spiro atoms. The SMILES string of the molecule is CCN(CC)C1CCCN(c2nc3c(c(=O)n(C)c(=O)n3C)n2CC=C(C)C)C1. The van der Waals surface area contributed by atoms with Crippen LogP contribution in [0.25, 0.3) is 11.2 Å². The molecule has 1 unspecified atom stereocenters. The molecular weight excluding hydrogens is 368 g/mol. The van der Waals surface area contributed by atoms with Gasteiger partial charge in [-0.25, -0.2) is 4.79 Å². The molecule has 1 fully saturated rings. The smallest absolute Gasteiger partial charge is 0.332 e. The number of aryl methyl sites for hydroxylation is 1. The number of allylic oxidation sites excluding steroid dienone is 2. The number of piperidine rings is 1. The van der Waals surface area contributed by atoms with E-state index in [2.05, 4.69) is 29.7 Å². The van der Waals surface area contributed by atoms with Crippen LogP contribution in [0.15, 0.2) is 21.2 Å². The zero-order valence-corrected chi connectivity index (χ0v) is 18.6. The molecule has 0 aliphatic carbocycles. The Hall–Kier alpha value is -2.35. The molecule has 0 radical (unpaired) electrons. The molecule has 2 aromatic rings. The fourth-order valence-corrected chi connectivity index (χ4v) is 4.30. The molecule has 160 valence electrons. The standard InChI is InChI=1S/C21H34N6O2/c1-7-25(8-2)16-10-9-12-26(14-16)20-22-18-17(27(20)13-11-15(3)4)19(28)24(6)21(29)23(18)5/h11,16H,7-10,12-14H2,1-6H3. The van der Waals surface area contributed by atoms with E-state index < -0.39 is 0 Å². The molecule has 0 N–H and O–H groups in total. The van der Waals surface area contributed by atoms with Crippen LogP contribution in [0.3, 0.4) is 0 Å². The Kier molecular flexibility index (Phi) is 6.31. The number of likely N-dealkylation sites (N-methyl/N-ethyl adjacent to an activating group) is 1. The number of nitrogens with zero attached hydrogens (tertiary/aromatic N) is 6. The first-order valence-corrected chi connectivity index (χ1v) is 10.6. The molecule has 0 amide bonds. The van der Waals surface area contributed by atoms with Crippen LogP contribution in [0.4, 0.5) is 5.95 Å². The van der Waals surface area contributed by atoms with Crippen LogP contribution in [-0.2, 0) is 20.6 Å². The van der Waals surface area contributed by atoms with Gasteiger partial charge >= 0.3 is 5.69 Å². The second-order valence-electron chi connectivity index (χ2n) is 8.15. The summed E-state index contributed by atoms with van der Waals surface area (Å²) in [5.41, 5.74) is 1.49. The zero-order valence-electron chi connectivity index (χ0n) is 18.6. The van der Waals surface area contributed by atoms with E-state index in [1.807, 2.05) is 18.4 Å². The second-order valence-corrected chi connectivity index (χ2v) is 8.15. The van der Waals surface area contributed by atoms with Crippen molar-refractivity contribution < 1.29 is 0 Å². The van der Waals surface area contributed by atoms with Gasteiger partial charge in [-0.3, -0.25) is 18.8 Å². The number of fused-ring (bicyclic) bond motifs is 1. The number of hydrogen-bond acceptors (Lipinski definition) is 5. The zero-order chi connectivity index (χ0) is 21.3. The van der Waals surface area contributed by atoms with Gasteiger partial charge in [0.05, 0.1) is 0 Å². The van der Waals surface area contributed by atoms with Crippen molar-refractivity contribution in [3.05, 3.63) is 32.5 Å². The van der Waals surface area contributed by atoms with Gasteiger partial charge < -0.3 is 9.47 Å². The van der Waals surface area contributed by atoms with E-state index in [0.29, 0.717) is 23.8 Å². The van der Waals surface area contributed by atoms with Crippen LogP contribution in [0.5, 0.6) is 0 Å². The van der Waals surface area contributed by atoms with Crippen LogP contribution >= 0.6 is 0 Å². The number of aromatic nitrogens is 4. The summed E-state index contributed by atoms with van der Waals surface area (Å²) in [5, 5.41) is 0. The van der Waals surface area contributed by atoms with E-state index in [0.717, 1.165) is 38.5 Å². The van der Waals surface area contributed by atoms with E-state index in [-0.39, 0.29) is 11.2 Å². The fourth-order valence-electron chi connectivity index (χ4n) is 4.30. The van der Waals surface area contributed by atoms with Gasteiger partial charge in [-0.2, -0.15) is 4.98 Å². The average molecular weight is 403 g/mol. The third kappa shape index (κ3) is 3.90. The topological polar surface area (TPSA) is 68.3 Å². The molecule has 2 aromatic heterocycles. The molecule has 1 aliphatic rings. The van der Waals surface area contributed by atoms with Crippen molar-refractivity contribution in [2.45, 2.75) is 53.1 Å². The Morgan fingerprint density at radius 2 is 1.86 bits per heavy atom. The van der Waals surface area contributed by atoms with E-state index in [4.69, 9.17) is 4.98 Å². The molecular formula is C21H34N6O2. The predicted molar refractivity (Wildman–Crippen MR) is 118 cm³/mol. The fraction of sp³-hybridized carbons (Fsp3) is 0.667. The van der Waals surface area contributed by atoms with Crippen molar-refractivity contribution >= 4 is 17.1 Å². The van der Waals surface area contributed by atoms with Crippen molar-refractivity contribution in [1.29, 1.82) is 0 Å². The Balaban J connectivity index is 2.16. The van der Waals surface area contributed by atoms with Gasteiger partial charge in [0.15, 0.2) is 11.2 Å². The maximum atomic E-state index is 13.0. The third-order valence-corrected chi connectivity index (χ3v) is 6.02. The molecule has 29 heavy (non-hydrogen) atoms. The average Bonchev–Trinajstić information content (AvgIpc) is 3.10. The van der Waals surface area contributed by atoms with Crippen molar-refractivity contribution in [2.24, 2.45) is 14.1 Å². The molecule has 8 heteroatoms. The summed E-state index contributed by atoms with van der Waals surface area (Å²) in [5.74, 6) is 0.785. The summed E-state index contributed by atoms with van der Waals surface area (Å²) in [6.45, 7) is 12.9. The lowest BCUT2D eigenvalue weighted by Gasteiger charge is -2.39. The summed E-state index contributed by atoms with van der Waals surface area (Å²) >= 11 is 0. The van der Waals surface area contributed by atoms with Crippen molar-refractivity contribution in [1.82, 2.24) is 23.6 Å². The first kappa shape index (κ1) is 21.4. The summed E-state index contributed by atoms with van der Waals surface area (Å²) in [6.07, 6.45) is 4.36. The molecule has 0 aromatic carbocycles. The first-order valence-electron chi connectivity index (χ1n) is 10.6. The normalized spacial score (nSPS) is 17.3. The first-order chi connectivity index (χ1) is 13.8. The minimum absolute atomic E-state index is 0.290. The highest BCUT2D eigenvalue weighted by atomic mass is 16.2. The molecule has 3 rings (SSSR count). The van der Waals surface area contributed by atoms with Crippen LogP contribution in [0.1, 0.15) is 40.5 Å². The maximum Gasteiger partial charge on any atom is 0.332 e. The highest BCUT2D eigenvalue weighted by molar-refractivity contribution is 5.74. The van der Waals surface area contributed by atoms with Gasteiger partial charge in [0, 0.05) is 39.8 Å². The Bertz CT molecular complexity index is 1020. The Labute approximate surface area is 172 Å². The molecule has 1 atom stereocenters.